The largest absolute Gasteiger partial charge is 0.334 e. The van der Waals surface area contributed by atoms with Gasteiger partial charge in [-0.25, -0.2) is 4.98 Å². The lowest BCUT2D eigenvalue weighted by Crippen LogP contribution is -1.85. The molecule has 0 fully saturated rings. The van der Waals surface area contributed by atoms with E-state index in [1.165, 1.54) is 11.8 Å². The van der Waals surface area contributed by atoms with Crippen LogP contribution in [0.1, 0.15) is 17.2 Å². The minimum Gasteiger partial charge on any atom is -0.334 e. The molecule has 0 atom stereocenters. The SMILES string of the molecule is Clc1ccccc1-c1nc(CSc2n[nH]c(/C=C/c3ccccc3)n2)no1. The van der Waals surface area contributed by atoms with E-state index in [2.05, 4.69) is 25.3 Å². The third-order valence-corrected chi connectivity index (χ3v) is 4.79. The van der Waals surface area contributed by atoms with Gasteiger partial charge in [-0.2, -0.15) is 4.98 Å². The Labute approximate surface area is 164 Å². The summed E-state index contributed by atoms with van der Waals surface area (Å²) in [7, 11) is 0. The Bertz CT molecular complexity index is 1060. The smallest absolute Gasteiger partial charge is 0.259 e. The lowest BCUT2D eigenvalue weighted by molar-refractivity contribution is 0.425. The highest BCUT2D eigenvalue weighted by atomic mass is 35.5. The quantitative estimate of drug-likeness (QED) is 0.464. The topological polar surface area (TPSA) is 80.5 Å². The number of thioether (sulfide) groups is 1. The van der Waals surface area contributed by atoms with Crippen LogP contribution in [-0.4, -0.2) is 25.3 Å². The normalized spacial score (nSPS) is 11.3. The molecule has 0 amide bonds. The van der Waals surface area contributed by atoms with Crippen molar-refractivity contribution in [2.75, 3.05) is 0 Å². The number of rotatable bonds is 6. The molecule has 2 heterocycles. The first-order valence-electron chi connectivity index (χ1n) is 8.14. The third-order valence-electron chi connectivity index (χ3n) is 3.62. The lowest BCUT2D eigenvalue weighted by atomic mass is 10.2. The monoisotopic (exact) mass is 395 g/mol. The van der Waals surface area contributed by atoms with E-state index in [0.29, 0.717) is 39.0 Å². The number of hydrogen-bond donors (Lipinski definition) is 1. The molecule has 0 bridgehead atoms. The van der Waals surface area contributed by atoms with Crippen LogP contribution >= 0.6 is 23.4 Å². The minimum atomic E-state index is 0.401. The van der Waals surface area contributed by atoms with E-state index >= 15 is 0 Å². The zero-order chi connectivity index (χ0) is 18.5. The van der Waals surface area contributed by atoms with Gasteiger partial charge in [0.15, 0.2) is 5.82 Å². The van der Waals surface area contributed by atoms with Crippen LogP contribution in [0.5, 0.6) is 0 Å². The van der Waals surface area contributed by atoms with Gasteiger partial charge in [0.25, 0.3) is 5.89 Å². The van der Waals surface area contributed by atoms with Crippen LogP contribution in [0.4, 0.5) is 0 Å². The molecule has 4 rings (SSSR count). The van der Waals surface area contributed by atoms with E-state index in [-0.39, 0.29) is 0 Å². The fourth-order valence-electron chi connectivity index (χ4n) is 2.32. The minimum absolute atomic E-state index is 0.401. The number of halogens is 1. The molecular formula is C19H14ClN5OS. The Morgan fingerprint density at radius 2 is 1.81 bits per heavy atom. The molecule has 1 N–H and O–H groups in total. The van der Waals surface area contributed by atoms with Gasteiger partial charge in [-0.05, 0) is 23.8 Å². The predicted molar refractivity (Wildman–Crippen MR) is 106 cm³/mol. The van der Waals surface area contributed by atoms with E-state index in [1.54, 1.807) is 6.07 Å². The van der Waals surface area contributed by atoms with E-state index in [9.17, 15) is 0 Å². The van der Waals surface area contributed by atoms with E-state index < -0.39 is 0 Å². The van der Waals surface area contributed by atoms with Crippen molar-refractivity contribution in [2.45, 2.75) is 10.9 Å². The fraction of sp³-hybridized carbons (Fsp3) is 0.0526. The molecule has 27 heavy (non-hydrogen) atoms. The van der Waals surface area contributed by atoms with Crippen molar-refractivity contribution in [2.24, 2.45) is 0 Å². The number of nitrogens with zero attached hydrogens (tertiary/aromatic N) is 4. The zero-order valence-corrected chi connectivity index (χ0v) is 15.6. The molecule has 0 saturated heterocycles. The maximum atomic E-state index is 6.15. The van der Waals surface area contributed by atoms with E-state index in [0.717, 1.165) is 5.56 Å². The number of H-pyrrole nitrogens is 1. The summed E-state index contributed by atoms with van der Waals surface area (Å²) in [6.07, 6.45) is 3.86. The highest BCUT2D eigenvalue weighted by Gasteiger charge is 2.12. The first-order chi connectivity index (χ1) is 13.3. The van der Waals surface area contributed by atoms with Gasteiger partial charge in [0, 0.05) is 0 Å². The number of aromatic nitrogens is 5. The predicted octanol–water partition coefficient (Wildman–Crippen LogP) is 4.97. The first-order valence-corrected chi connectivity index (χ1v) is 9.50. The molecule has 8 heteroatoms. The van der Waals surface area contributed by atoms with E-state index in [4.69, 9.17) is 16.1 Å². The van der Waals surface area contributed by atoms with Gasteiger partial charge in [0.1, 0.15) is 5.82 Å². The summed E-state index contributed by atoms with van der Waals surface area (Å²) in [6, 6.07) is 17.4. The third kappa shape index (κ3) is 4.45. The number of nitrogens with one attached hydrogen (secondary N) is 1. The number of aromatic amines is 1. The van der Waals surface area contributed by atoms with Crippen molar-refractivity contribution in [3.8, 4) is 11.5 Å². The van der Waals surface area contributed by atoms with Gasteiger partial charge in [0.05, 0.1) is 16.3 Å². The molecule has 0 unspecified atom stereocenters. The maximum Gasteiger partial charge on any atom is 0.259 e. The molecule has 6 nitrogen and oxygen atoms in total. The van der Waals surface area contributed by atoms with Crippen LogP contribution in [0.2, 0.25) is 5.02 Å². The Kier molecular flexibility index (Phi) is 5.32. The molecule has 134 valence electrons. The van der Waals surface area contributed by atoms with Crippen LogP contribution in [0.15, 0.2) is 64.3 Å². The van der Waals surface area contributed by atoms with E-state index in [1.807, 2.05) is 60.7 Å². The van der Waals surface area contributed by atoms with Crippen molar-refractivity contribution in [3.63, 3.8) is 0 Å². The van der Waals surface area contributed by atoms with Crippen molar-refractivity contribution < 1.29 is 4.52 Å². The second-order valence-corrected chi connectivity index (χ2v) is 6.88. The number of hydrogen-bond acceptors (Lipinski definition) is 6. The van der Waals surface area contributed by atoms with Gasteiger partial charge in [-0.15, -0.1) is 5.10 Å². The Morgan fingerprint density at radius 1 is 1.00 bits per heavy atom. The molecule has 0 aliphatic heterocycles. The van der Waals surface area contributed by atoms with Crippen molar-refractivity contribution in [3.05, 3.63) is 76.8 Å². The first kappa shape index (κ1) is 17.5. The molecule has 0 aliphatic rings. The van der Waals surface area contributed by atoms with Crippen LogP contribution in [0.25, 0.3) is 23.6 Å². The average Bonchev–Trinajstić information content (AvgIpc) is 3.35. The second kappa shape index (κ2) is 8.20. The standard InChI is InChI=1S/C19H14ClN5OS/c20-15-9-5-4-8-14(15)18-21-17(25-26-18)12-27-19-22-16(23-24-19)11-10-13-6-2-1-3-7-13/h1-11H,12H2,(H,22,23,24)/b11-10+. The zero-order valence-electron chi connectivity index (χ0n) is 14.0. The molecule has 4 aromatic rings. The molecule has 0 saturated carbocycles. The Balaban J connectivity index is 1.38. The summed E-state index contributed by atoms with van der Waals surface area (Å²) < 4.78 is 5.29. The van der Waals surface area contributed by atoms with Gasteiger partial charge in [-0.1, -0.05) is 77.1 Å². The Morgan fingerprint density at radius 3 is 2.67 bits per heavy atom. The fourth-order valence-corrected chi connectivity index (χ4v) is 3.19. The maximum absolute atomic E-state index is 6.15. The van der Waals surface area contributed by atoms with Crippen LogP contribution in [-0.2, 0) is 5.75 Å². The lowest BCUT2D eigenvalue weighted by Gasteiger charge is -1.95. The van der Waals surface area contributed by atoms with Crippen LogP contribution in [0.3, 0.4) is 0 Å². The van der Waals surface area contributed by atoms with Gasteiger partial charge < -0.3 is 4.52 Å². The highest BCUT2D eigenvalue weighted by Crippen LogP contribution is 2.27. The molecule has 0 radical (unpaired) electrons. The molecule has 2 aromatic heterocycles. The molecule has 0 aliphatic carbocycles. The van der Waals surface area contributed by atoms with Gasteiger partial charge in [0.2, 0.25) is 5.16 Å². The summed E-state index contributed by atoms with van der Waals surface area (Å²) in [4.78, 5) is 8.80. The highest BCUT2D eigenvalue weighted by molar-refractivity contribution is 7.98. The molecule has 0 spiro atoms. The summed E-state index contributed by atoms with van der Waals surface area (Å²) in [5.74, 6) is 2.14. The van der Waals surface area contributed by atoms with Crippen molar-refractivity contribution in [1.29, 1.82) is 0 Å². The Hall–Kier alpha value is -2.90. The van der Waals surface area contributed by atoms with Crippen molar-refractivity contribution in [1.82, 2.24) is 25.3 Å². The summed E-state index contributed by atoms with van der Waals surface area (Å²) in [5.41, 5.74) is 1.82. The average molecular weight is 396 g/mol. The van der Waals surface area contributed by atoms with Gasteiger partial charge in [-0.3, -0.25) is 5.10 Å². The van der Waals surface area contributed by atoms with Gasteiger partial charge >= 0.3 is 0 Å². The summed E-state index contributed by atoms with van der Waals surface area (Å²) in [6.45, 7) is 0. The van der Waals surface area contributed by atoms with Crippen LogP contribution < -0.4 is 0 Å². The van der Waals surface area contributed by atoms with Crippen molar-refractivity contribution >= 4 is 35.5 Å². The van der Waals surface area contributed by atoms with Crippen LogP contribution in [0, 0.1) is 0 Å². The molecule has 2 aromatic carbocycles. The summed E-state index contributed by atoms with van der Waals surface area (Å²) >= 11 is 7.58. The summed E-state index contributed by atoms with van der Waals surface area (Å²) in [5, 5.41) is 12.3. The molecular weight excluding hydrogens is 382 g/mol. The number of benzene rings is 2. The second-order valence-electron chi connectivity index (χ2n) is 5.53.